The second kappa shape index (κ2) is 6.66. The van der Waals surface area contributed by atoms with E-state index in [1.807, 2.05) is 0 Å². The fourth-order valence-corrected chi connectivity index (χ4v) is 2.95. The zero-order chi connectivity index (χ0) is 18.1. The first kappa shape index (κ1) is 16.4. The van der Waals surface area contributed by atoms with Crippen LogP contribution in [0, 0.1) is 0 Å². The van der Waals surface area contributed by atoms with Crippen molar-refractivity contribution in [2.75, 3.05) is 0 Å². The van der Waals surface area contributed by atoms with Gasteiger partial charge in [-0.3, -0.25) is 0 Å². The minimum atomic E-state index is -0.756. The molecule has 0 bridgehead atoms. The lowest BCUT2D eigenvalue weighted by molar-refractivity contribution is -0.280. The Morgan fingerprint density at radius 2 is 1.19 bits per heavy atom. The number of benzene rings is 2. The Morgan fingerprint density at radius 1 is 0.769 bits per heavy atom. The summed E-state index contributed by atoms with van der Waals surface area (Å²) < 4.78 is 0. The summed E-state index contributed by atoms with van der Waals surface area (Å²) in [6.45, 7) is 0. The minimum absolute atomic E-state index is 0.0993. The summed E-state index contributed by atoms with van der Waals surface area (Å²) in [6, 6.07) is 13.6. The molecule has 2 aliphatic heterocycles. The van der Waals surface area contributed by atoms with E-state index < -0.39 is 12.5 Å². The number of hydrogen-bond donors (Lipinski definition) is 3. The molecule has 2 aliphatic rings. The van der Waals surface area contributed by atoms with Crippen LogP contribution in [0.2, 0.25) is 0 Å². The van der Waals surface area contributed by atoms with Crippen LogP contribution in [0.15, 0.2) is 58.8 Å². The van der Waals surface area contributed by atoms with Crippen molar-refractivity contribution in [3.05, 3.63) is 59.7 Å². The highest BCUT2D eigenvalue weighted by atomic mass is 16.7. The maximum atomic E-state index is 10.4. The molecule has 2 unspecified atom stereocenters. The highest BCUT2D eigenvalue weighted by molar-refractivity contribution is 6.04. The van der Waals surface area contributed by atoms with Crippen LogP contribution >= 0.6 is 0 Å². The Bertz CT molecular complexity index is 811. The van der Waals surface area contributed by atoms with Gasteiger partial charge in [-0.25, -0.2) is 0 Å². The highest BCUT2D eigenvalue weighted by Crippen LogP contribution is 2.29. The summed E-state index contributed by atoms with van der Waals surface area (Å²) in [5.41, 5.74) is 2.18. The average Bonchev–Trinajstić information content (AvgIpc) is 3.32. The topological polar surface area (TPSA) is 107 Å². The molecule has 0 amide bonds. The summed E-state index contributed by atoms with van der Waals surface area (Å²) in [6.07, 6.45) is -0.957. The van der Waals surface area contributed by atoms with Crippen molar-refractivity contribution in [2.45, 2.75) is 25.3 Å². The van der Waals surface area contributed by atoms with E-state index in [0.29, 0.717) is 22.6 Å². The number of hydroxylamine groups is 2. The number of oxime groups is 2. The van der Waals surface area contributed by atoms with Gasteiger partial charge in [0.25, 0.3) is 0 Å². The monoisotopic (exact) mass is 355 g/mol. The van der Waals surface area contributed by atoms with Crippen molar-refractivity contribution >= 4 is 11.4 Å². The molecule has 0 spiro atoms. The van der Waals surface area contributed by atoms with Gasteiger partial charge in [0.05, 0.1) is 11.4 Å². The van der Waals surface area contributed by atoms with Gasteiger partial charge < -0.3 is 25.1 Å². The van der Waals surface area contributed by atoms with Crippen molar-refractivity contribution < 1.29 is 25.1 Å². The molecule has 0 aliphatic carbocycles. The van der Waals surface area contributed by atoms with E-state index in [2.05, 4.69) is 10.3 Å². The van der Waals surface area contributed by atoms with Crippen molar-refractivity contribution in [1.29, 1.82) is 0 Å². The Morgan fingerprint density at radius 3 is 1.62 bits per heavy atom. The third-order valence-electron chi connectivity index (χ3n) is 4.33. The molecule has 2 heterocycles. The van der Waals surface area contributed by atoms with Gasteiger partial charge in [-0.2, -0.15) is 0 Å². The number of phenolic OH excluding ortho intramolecular Hbond substituents is 2. The van der Waals surface area contributed by atoms with Crippen molar-refractivity contribution in [1.82, 2.24) is 5.06 Å². The van der Waals surface area contributed by atoms with E-state index in [1.165, 1.54) is 0 Å². The number of aromatic hydroxyl groups is 2. The minimum Gasteiger partial charge on any atom is -0.507 e. The van der Waals surface area contributed by atoms with Gasteiger partial charge in [-0.15, -0.1) is 5.06 Å². The van der Waals surface area contributed by atoms with E-state index in [-0.39, 0.29) is 24.3 Å². The van der Waals surface area contributed by atoms with Crippen molar-refractivity contribution in [2.24, 2.45) is 10.3 Å². The zero-order valence-electron chi connectivity index (χ0n) is 13.7. The maximum Gasteiger partial charge on any atom is 0.211 e. The van der Waals surface area contributed by atoms with E-state index >= 15 is 0 Å². The number of phenols is 2. The number of rotatable bonds is 4. The summed E-state index contributed by atoms with van der Waals surface area (Å²) in [7, 11) is 0. The second-order valence-electron chi connectivity index (χ2n) is 6.02. The van der Waals surface area contributed by atoms with Gasteiger partial charge in [0.2, 0.25) is 12.5 Å². The van der Waals surface area contributed by atoms with E-state index in [0.717, 1.165) is 5.06 Å². The SMILES string of the molecule is Oc1ccccc1C1=NOC(N(O)C2CC(c3ccccc3O)=NO2)C1. The van der Waals surface area contributed by atoms with Crippen LogP contribution < -0.4 is 0 Å². The largest absolute Gasteiger partial charge is 0.507 e. The summed E-state index contributed by atoms with van der Waals surface area (Å²) in [5, 5.41) is 39.1. The molecule has 0 saturated carbocycles. The maximum absolute atomic E-state index is 10.4. The van der Waals surface area contributed by atoms with Gasteiger partial charge >= 0.3 is 0 Å². The molecule has 2 aromatic rings. The summed E-state index contributed by atoms with van der Waals surface area (Å²) in [4.78, 5) is 10.6. The molecule has 0 aromatic heterocycles. The molecule has 134 valence electrons. The quantitative estimate of drug-likeness (QED) is 0.727. The Hall–Kier alpha value is -3.10. The lowest BCUT2D eigenvalue weighted by Gasteiger charge is -2.23. The van der Waals surface area contributed by atoms with Crippen molar-refractivity contribution in [3.63, 3.8) is 0 Å². The molecule has 4 rings (SSSR count). The van der Waals surface area contributed by atoms with Crippen LogP contribution in [-0.4, -0.2) is 44.4 Å². The van der Waals surface area contributed by atoms with Gasteiger partial charge in [0.1, 0.15) is 11.5 Å². The molecular formula is C18H17N3O5. The van der Waals surface area contributed by atoms with Gasteiger partial charge in [0.15, 0.2) is 0 Å². The van der Waals surface area contributed by atoms with Crippen LogP contribution in [0.25, 0.3) is 0 Å². The highest BCUT2D eigenvalue weighted by Gasteiger charge is 2.37. The molecule has 8 nitrogen and oxygen atoms in total. The molecule has 26 heavy (non-hydrogen) atoms. The molecule has 0 saturated heterocycles. The zero-order valence-corrected chi connectivity index (χ0v) is 13.7. The smallest absolute Gasteiger partial charge is 0.211 e. The Labute approximate surface area is 149 Å². The molecule has 8 heteroatoms. The number of nitrogens with zero attached hydrogens (tertiary/aromatic N) is 3. The summed E-state index contributed by atoms with van der Waals surface area (Å²) >= 11 is 0. The third-order valence-corrected chi connectivity index (χ3v) is 4.33. The van der Waals surface area contributed by atoms with E-state index in [4.69, 9.17) is 9.68 Å². The third kappa shape index (κ3) is 2.96. The van der Waals surface area contributed by atoms with Crippen LogP contribution in [0.4, 0.5) is 0 Å². The lowest BCUT2D eigenvalue weighted by Crippen LogP contribution is -2.41. The van der Waals surface area contributed by atoms with E-state index in [1.54, 1.807) is 48.5 Å². The lowest BCUT2D eigenvalue weighted by atomic mass is 10.0. The predicted molar refractivity (Wildman–Crippen MR) is 91.9 cm³/mol. The fourth-order valence-electron chi connectivity index (χ4n) is 2.95. The molecule has 2 aromatic carbocycles. The fraction of sp³-hybridized carbons (Fsp3) is 0.222. The average molecular weight is 355 g/mol. The summed E-state index contributed by atoms with van der Waals surface area (Å²) in [5.74, 6) is 0.199. The van der Waals surface area contributed by atoms with Gasteiger partial charge in [-0.1, -0.05) is 34.6 Å². The predicted octanol–water partition coefficient (Wildman–Crippen LogP) is 2.39. The van der Waals surface area contributed by atoms with Gasteiger partial charge in [-0.05, 0) is 24.3 Å². The normalized spacial score (nSPS) is 21.9. The molecular weight excluding hydrogens is 338 g/mol. The number of para-hydroxylation sites is 2. The Balaban J connectivity index is 1.41. The van der Waals surface area contributed by atoms with Crippen LogP contribution in [0.5, 0.6) is 11.5 Å². The first-order chi connectivity index (χ1) is 12.6. The van der Waals surface area contributed by atoms with Crippen LogP contribution in [0.3, 0.4) is 0 Å². The standard InChI is InChI=1S/C18H17N3O5/c22-15-7-3-1-5-11(15)13-9-17(25-19-13)21(24)18-10-14(20-26-18)12-6-2-4-8-16(12)23/h1-8,17-18,22-24H,9-10H2. The first-order valence-corrected chi connectivity index (χ1v) is 8.13. The number of hydrogen-bond acceptors (Lipinski definition) is 8. The second-order valence-corrected chi connectivity index (χ2v) is 6.02. The van der Waals surface area contributed by atoms with Crippen molar-refractivity contribution in [3.8, 4) is 11.5 Å². The molecule has 0 radical (unpaired) electrons. The van der Waals surface area contributed by atoms with Gasteiger partial charge in [0, 0.05) is 24.0 Å². The van der Waals surface area contributed by atoms with Crippen LogP contribution in [0.1, 0.15) is 24.0 Å². The molecule has 3 N–H and O–H groups in total. The Kier molecular flexibility index (Phi) is 4.19. The van der Waals surface area contributed by atoms with E-state index in [9.17, 15) is 15.4 Å². The van der Waals surface area contributed by atoms with Crippen LogP contribution in [-0.2, 0) is 9.68 Å². The molecule has 2 atom stereocenters. The molecule has 0 fully saturated rings. The first-order valence-electron chi connectivity index (χ1n) is 8.13.